The number of nitrogens with zero attached hydrogens (tertiary/aromatic N) is 1. The number of carboxylic acids is 1. The third kappa shape index (κ3) is 4.12. The summed E-state index contributed by atoms with van der Waals surface area (Å²) in [4.78, 5) is 25.1. The van der Waals surface area contributed by atoms with E-state index < -0.39 is 30.3 Å². The van der Waals surface area contributed by atoms with Crippen molar-refractivity contribution in [3.63, 3.8) is 0 Å². The number of aliphatic carboxylic acids is 1. The molecule has 1 heterocycles. The SMILES string of the molecule is CC(C)(C)OC(=O)N1CCc2cc(OC(F)F)ccc2C1C(=O)O. The number of halogens is 2. The number of hydrogen-bond acceptors (Lipinski definition) is 4. The lowest BCUT2D eigenvalue weighted by molar-refractivity contribution is -0.143. The van der Waals surface area contributed by atoms with E-state index in [2.05, 4.69) is 4.74 Å². The summed E-state index contributed by atoms with van der Waals surface area (Å²) in [6.45, 7) is 2.21. The van der Waals surface area contributed by atoms with Gasteiger partial charge in [-0.25, -0.2) is 9.59 Å². The molecule has 0 aromatic heterocycles. The van der Waals surface area contributed by atoms with Crippen LogP contribution in [0.3, 0.4) is 0 Å². The van der Waals surface area contributed by atoms with Crippen LogP contribution in [0.1, 0.15) is 37.9 Å². The molecule has 2 rings (SSSR count). The Morgan fingerprint density at radius 2 is 2.00 bits per heavy atom. The van der Waals surface area contributed by atoms with Crippen LogP contribution in [-0.4, -0.2) is 40.8 Å². The number of benzene rings is 1. The van der Waals surface area contributed by atoms with Crippen LogP contribution in [-0.2, 0) is 16.0 Å². The molecular weight excluding hydrogens is 324 g/mol. The van der Waals surface area contributed by atoms with Crippen molar-refractivity contribution >= 4 is 12.1 Å². The van der Waals surface area contributed by atoms with Crippen LogP contribution in [0.2, 0.25) is 0 Å². The number of hydrogen-bond donors (Lipinski definition) is 1. The highest BCUT2D eigenvalue weighted by atomic mass is 19.3. The molecule has 0 saturated carbocycles. The van der Waals surface area contributed by atoms with Crippen molar-refractivity contribution in [2.24, 2.45) is 0 Å². The highest BCUT2D eigenvalue weighted by molar-refractivity contribution is 5.82. The van der Waals surface area contributed by atoms with Crippen molar-refractivity contribution in [3.05, 3.63) is 29.3 Å². The average molecular weight is 343 g/mol. The molecule has 8 heteroatoms. The van der Waals surface area contributed by atoms with Gasteiger partial charge in [0, 0.05) is 6.54 Å². The normalized spacial score (nSPS) is 17.4. The Labute approximate surface area is 138 Å². The summed E-state index contributed by atoms with van der Waals surface area (Å²) >= 11 is 0. The summed E-state index contributed by atoms with van der Waals surface area (Å²) in [7, 11) is 0. The number of carbonyl (C=O) groups is 2. The first kappa shape index (κ1) is 18.0. The van der Waals surface area contributed by atoms with Gasteiger partial charge in [0.2, 0.25) is 0 Å². The Morgan fingerprint density at radius 3 is 2.54 bits per heavy atom. The highest BCUT2D eigenvalue weighted by Gasteiger charge is 2.38. The number of ether oxygens (including phenoxy) is 2. The van der Waals surface area contributed by atoms with Gasteiger partial charge in [-0.05, 0) is 50.5 Å². The van der Waals surface area contributed by atoms with Gasteiger partial charge in [0.25, 0.3) is 0 Å². The van der Waals surface area contributed by atoms with Crippen LogP contribution in [0, 0.1) is 0 Å². The molecule has 1 N–H and O–H groups in total. The van der Waals surface area contributed by atoms with Crippen LogP contribution < -0.4 is 4.74 Å². The zero-order chi connectivity index (χ0) is 18.1. The van der Waals surface area contributed by atoms with Crippen LogP contribution in [0.4, 0.5) is 13.6 Å². The molecule has 0 aliphatic carbocycles. The van der Waals surface area contributed by atoms with Crippen molar-refractivity contribution < 1.29 is 33.0 Å². The van der Waals surface area contributed by atoms with E-state index in [4.69, 9.17) is 4.74 Å². The molecule has 1 unspecified atom stereocenters. The lowest BCUT2D eigenvalue weighted by Gasteiger charge is -2.35. The van der Waals surface area contributed by atoms with E-state index in [-0.39, 0.29) is 12.3 Å². The van der Waals surface area contributed by atoms with Gasteiger partial charge < -0.3 is 14.6 Å². The minimum atomic E-state index is -2.96. The molecule has 1 atom stereocenters. The number of carbonyl (C=O) groups excluding carboxylic acids is 1. The second-order valence-corrected chi connectivity index (χ2v) is 6.40. The van der Waals surface area contributed by atoms with Crippen molar-refractivity contribution in [1.29, 1.82) is 0 Å². The van der Waals surface area contributed by atoms with Gasteiger partial charge in [-0.3, -0.25) is 4.90 Å². The summed E-state index contributed by atoms with van der Waals surface area (Å²) in [5, 5.41) is 9.52. The average Bonchev–Trinajstić information content (AvgIpc) is 2.43. The molecular formula is C16H19F2NO5. The maximum atomic E-state index is 12.3. The number of alkyl halides is 2. The fourth-order valence-corrected chi connectivity index (χ4v) is 2.56. The van der Waals surface area contributed by atoms with Crippen LogP contribution in [0.5, 0.6) is 5.75 Å². The standard InChI is InChI=1S/C16H19F2NO5/c1-16(2,3)24-15(22)19-7-6-9-8-10(23-14(17)18)4-5-11(9)12(19)13(20)21/h4-5,8,12,14H,6-7H2,1-3H3,(H,20,21). The fraction of sp³-hybridized carbons (Fsp3) is 0.500. The molecule has 6 nitrogen and oxygen atoms in total. The monoisotopic (exact) mass is 343 g/mol. The Bertz CT molecular complexity index is 642. The summed E-state index contributed by atoms with van der Waals surface area (Å²) in [6.07, 6.45) is -0.410. The van der Waals surface area contributed by atoms with Crippen molar-refractivity contribution in [2.75, 3.05) is 6.54 Å². The Balaban J connectivity index is 2.31. The van der Waals surface area contributed by atoms with Crippen LogP contribution in [0.25, 0.3) is 0 Å². The Kier molecular flexibility index (Phi) is 4.96. The molecule has 0 radical (unpaired) electrons. The van der Waals surface area contributed by atoms with Crippen molar-refractivity contribution in [3.8, 4) is 5.75 Å². The summed E-state index contributed by atoms with van der Waals surface area (Å²) in [6, 6.07) is 2.80. The summed E-state index contributed by atoms with van der Waals surface area (Å²) < 4.78 is 34.2. The van der Waals surface area contributed by atoms with Gasteiger partial charge in [-0.15, -0.1) is 0 Å². The fourth-order valence-electron chi connectivity index (χ4n) is 2.56. The molecule has 24 heavy (non-hydrogen) atoms. The van der Waals surface area contributed by atoms with Crippen LogP contribution >= 0.6 is 0 Å². The summed E-state index contributed by atoms with van der Waals surface area (Å²) in [5.41, 5.74) is 0.164. The van der Waals surface area contributed by atoms with Gasteiger partial charge in [0.05, 0.1) is 0 Å². The van der Waals surface area contributed by atoms with Crippen LogP contribution in [0.15, 0.2) is 18.2 Å². The number of amides is 1. The molecule has 1 aliphatic rings. The highest BCUT2D eigenvalue weighted by Crippen LogP contribution is 2.33. The number of fused-ring (bicyclic) bond motifs is 1. The van der Waals surface area contributed by atoms with E-state index >= 15 is 0 Å². The first-order chi connectivity index (χ1) is 11.1. The quantitative estimate of drug-likeness (QED) is 0.912. The molecule has 1 amide bonds. The molecule has 0 fully saturated rings. The number of rotatable bonds is 3. The smallest absolute Gasteiger partial charge is 0.411 e. The topological polar surface area (TPSA) is 76.1 Å². The van der Waals surface area contributed by atoms with Gasteiger partial charge in [0.15, 0.2) is 6.04 Å². The largest absolute Gasteiger partial charge is 0.479 e. The Morgan fingerprint density at radius 1 is 1.33 bits per heavy atom. The van der Waals surface area contributed by atoms with E-state index in [9.17, 15) is 23.5 Å². The molecule has 1 aliphatic heterocycles. The van der Waals surface area contributed by atoms with Crippen molar-refractivity contribution in [2.45, 2.75) is 45.4 Å². The number of carboxylic acid groups (broad SMARTS) is 1. The van der Waals surface area contributed by atoms with E-state index in [0.29, 0.717) is 17.5 Å². The second-order valence-electron chi connectivity index (χ2n) is 6.40. The first-order valence-electron chi connectivity index (χ1n) is 7.38. The van der Waals surface area contributed by atoms with Crippen molar-refractivity contribution in [1.82, 2.24) is 4.90 Å². The van der Waals surface area contributed by atoms with E-state index in [1.54, 1.807) is 20.8 Å². The van der Waals surface area contributed by atoms with Gasteiger partial charge in [0.1, 0.15) is 11.4 Å². The van der Waals surface area contributed by atoms with Gasteiger partial charge in [-0.1, -0.05) is 6.07 Å². The third-order valence-corrected chi connectivity index (χ3v) is 3.43. The van der Waals surface area contributed by atoms with E-state index in [1.165, 1.54) is 18.2 Å². The lowest BCUT2D eigenvalue weighted by Crippen LogP contribution is -2.45. The molecule has 1 aromatic rings. The van der Waals surface area contributed by atoms with Gasteiger partial charge in [-0.2, -0.15) is 8.78 Å². The maximum absolute atomic E-state index is 12.3. The predicted octanol–water partition coefficient (Wildman–Crippen LogP) is 3.21. The lowest BCUT2D eigenvalue weighted by atomic mass is 9.92. The molecule has 0 bridgehead atoms. The molecule has 1 aromatic carbocycles. The minimum Gasteiger partial charge on any atom is -0.479 e. The maximum Gasteiger partial charge on any atom is 0.411 e. The Hall–Kier alpha value is -2.38. The third-order valence-electron chi connectivity index (χ3n) is 3.43. The van der Waals surface area contributed by atoms with Gasteiger partial charge >= 0.3 is 18.7 Å². The second kappa shape index (κ2) is 6.62. The zero-order valence-corrected chi connectivity index (χ0v) is 13.6. The predicted molar refractivity (Wildman–Crippen MR) is 80.1 cm³/mol. The summed E-state index contributed by atoms with van der Waals surface area (Å²) in [5.74, 6) is -1.26. The zero-order valence-electron chi connectivity index (χ0n) is 13.6. The first-order valence-corrected chi connectivity index (χ1v) is 7.38. The molecule has 0 saturated heterocycles. The minimum absolute atomic E-state index is 0.0430. The molecule has 0 spiro atoms. The molecule has 132 valence electrons. The van der Waals surface area contributed by atoms with E-state index in [1.807, 2.05) is 0 Å². The van der Waals surface area contributed by atoms with E-state index in [0.717, 1.165) is 4.90 Å².